The number of aromatic nitrogens is 2. The lowest BCUT2D eigenvalue weighted by molar-refractivity contribution is -0.122. The van der Waals surface area contributed by atoms with Crippen LogP contribution in [0.25, 0.3) is 11.1 Å². The fourth-order valence-corrected chi connectivity index (χ4v) is 3.29. The summed E-state index contributed by atoms with van der Waals surface area (Å²) in [7, 11) is 0. The van der Waals surface area contributed by atoms with Crippen LogP contribution < -0.4 is 10.6 Å². The molecule has 1 saturated carbocycles. The van der Waals surface area contributed by atoms with Crippen LogP contribution >= 0.6 is 0 Å². The van der Waals surface area contributed by atoms with E-state index in [4.69, 9.17) is 0 Å². The van der Waals surface area contributed by atoms with Crippen LogP contribution in [0.3, 0.4) is 0 Å². The van der Waals surface area contributed by atoms with Crippen molar-refractivity contribution in [1.29, 1.82) is 0 Å². The number of amides is 1. The predicted octanol–water partition coefficient (Wildman–Crippen LogP) is 4.21. The number of hydrogen-bond acceptors (Lipinski definition) is 4. The minimum atomic E-state index is 0.146. The Kier molecular flexibility index (Phi) is 5.84. The van der Waals surface area contributed by atoms with E-state index in [0.717, 1.165) is 30.4 Å². The molecule has 2 aromatic carbocycles. The minimum absolute atomic E-state index is 0.146. The molecular formula is C24H26N4O. The number of hydrogen-bond donors (Lipinski definition) is 2. The van der Waals surface area contributed by atoms with Gasteiger partial charge in [-0.15, -0.1) is 0 Å². The SMILES string of the molecule is CC(Cc1ccc(-c2cnc(NCc3ccccc3)nc2)cc1)NC(=O)C1CC1. The highest BCUT2D eigenvalue weighted by Crippen LogP contribution is 2.29. The van der Waals surface area contributed by atoms with Gasteiger partial charge in [0.05, 0.1) is 0 Å². The Balaban J connectivity index is 1.31. The van der Waals surface area contributed by atoms with Crippen molar-refractivity contribution in [3.05, 3.63) is 78.1 Å². The van der Waals surface area contributed by atoms with E-state index < -0.39 is 0 Å². The monoisotopic (exact) mass is 386 g/mol. The average molecular weight is 386 g/mol. The molecule has 5 nitrogen and oxygen atoms in total. The van der Waals surface area contributed by atoms with Crippen LogP contribution in [0.4, 0.5) is 5.95 Å². The Morgan fingerprint density at radius 2 is 1.66 bits per heavy atom. The fourth-order valence-electron chi connectivity index (χ4n) is 3.29. The molecule has 0 spiro atoms. The highest BCUT2D eigenvalue weighted by Gasteiger charge is 2.30. The molecular weight excluding hydrogens is 360 g/mol. The number of nitrogens with one attached hydrogen (secondary N) is 2. The Labute approximate surface area is 171 Å². The van der Waals surface area contributed by atoms with Crippen LogP contribution in [0, 0.1) is 5.92 Å². The van der Waals surface area contributed by atoms with Gasteiger partial charge in [-0.2, -0.15) is 0 Å². The third-order valence-corrected chi connectivity index (χ3v) is 5.11. The van der Waals surface area contributed by atoms with Gasteiger partial charge < -0.3 is 10.6 Å². The molecule has 1 aromatic heterocycles. The molecule has 148 valence electrons. The van der Waals surface area contributed by atoms with Crippen LogP contribution in [0.2, 0.25) is 0 Å². The van der Waals surface area contributed by atoms with Crippen molar-refractivity contribution >= 4 is 11.9 Å². The molecule has 29 heavy (non-hydrogen) atoms. The Hall–Kier alpha value is -3.21. The summed E-state index contributed by atoms with van der Waals surface area (Å²) >= 11 is 0. The van der Waals surface area contributed by atoms with E-state index in [1.807, 2.05) is 30.6 Å². The first kappa shape index (κ1) is 19.1. The van der Waals surface area contributed by atoms with Gasteiger partial charge in [0.2, 0.25) is 11.9 Å². The van der Waals surface area contributed by atoms with Crippen LogP contribution in [0.15, 0.2) is 67.0 Å². The topological polar surface area (TPSA) is 66.9 Å². The van der Waals surface area contributed by atoms with Crippen LogP contribution in [-0.2, 0) is 17.8 Å². The van der Waals surface area contributed by atoms with Gasteiger partial charge in [-0.3, -0.25) is 4.79 Å². The molecule has 1 unspecified atom stereocenters. The predicted molar refractivity (Wildman–Crippen MR) is 115 cm³/mol. The summed E-state index contributed by atoms with van der Waals surface area (Å²) in [6.45, 7) is 2.76. The minimum Gasteiger partial charge on any atom is -0.353 e. The molecule has 4 rings (SSSR count). The quantitative estimate of drug-likeness (QED) is 0.608. The second-order valence-electron chi connectivity index (χ2n) is 7.72. The van der Waals surface area contributed by atoms with E-state index in [1.165, 1.54) is 11.1 Å². The van der Waals surface area contributed by atoms with Gasteiger partial charge in [-0.1, -0.05) is 54.6 Å². The Morgan fingerprint density at radius 1 is 0.966 bits per heavy atom. The highest BCUT2D eigenvalue weighted by molar-refractivity contribution is 5.81. The number of rotatable bonds is 8. The molecule has 5 heteroatoms. The zero-order valence-electron chi connectivity index (χ0n) is 16.6. The smallest absolute Gasteiger partial charge is 0.223 e. The highest BCUT2D eigenvalue weighted by atomic mass is 16.2. The van der Waals surface area contributed by atoms with E-state index in [0.29, 0.717) is 12.5 Å². The van der Waals surface area contributed by atoms with Crippen molar-refractivity contribution in [2.24, 2.45) is 5.92 Å². The summed E-state index contributed by atoms with van der Waals surface area (Å²) < 4.78 is 0. The van der Waals surface area contributed by atoms with Gasteiger partial charge in [-0.05, 0) is 42.9 Å². The molecule has 0 aliphatic heterocycles. The van der Waals surface area contributed by atoms with Crippen molar-refractivity contribution in [1.82, 2.24) is 15.3 Å². The third-order valence-electron chi connectivity index (χ3n) is 5.11. The largest absolute Gasteiger partial charge is 0.353 e. The lowest BCUT2D eigenvalue weighted by Gasteiger charge is -2.14. The zero-order valence-corrected chi connectivity index (χ0v) is 16.6. The second kappa shape index (κ2) is 8.86. The van der Waals surface area contributed by atoms with E-state index in [2.05, 4.69) is 63.9 Å². The van der Waals surface area contributed by atoms with E-state index in [-0.39, 0.29) is 17.9 Å². The van der Waals surface area contributed by atoms with E-state index in [9.17, 15) is 4.79 Å². The summed E-state index contributed by atoms with van der Waals surface area (Å²) in [6, 6.07) is 18.7. The molecule has 1 fully saturated rings. The standard InChI is InChI=1S/C24H26N4O/c1-17(28-23(29)21-11-12-21)13-18-7-9-20(10-8-18)22-15-26-24(27-16-22)25-14-19-5-3-2-4-6-19/h2-10,15-17,21H,11-14H2,1H3,(H,28,29)(H,25,26,27). The lowest BCUT2D eigenvalue weighted by atomic mass is 10.0. The summed E-state index contributed by atoms with van der Waals surface area (Å²) in [4.78, 5) is 20.7. The van der Waals surface area contributed by atoms with E-state index in [1.54, 1.807) is 0 Å². The van der Waals surface area contributed by atoms with Crippen molar-refractivity contribution in [3.63, 3.8) is 0 Å². The van der Waals surface area contributed by atoms with Gasteiger partial charge in [0.1, 0.15) is 0 Å². The van der Waals surface area contributed by atoms with Gasteiger partial charge >= 0.3 is 0 Å². The van der Waals surface area contributed by atoms with Crippen LogP contribution in [0.5, 0.6) is 0 Å². The molecule has 2 N–H and O–H groups in total. The number of benzene rings is 2. The van der Waals surface area contributed by atoms with Gasteiger partial charge in [-0.25, -0.2) is 9.97 Å². The molecule has 0 radical (unpaired) electrons. The molecule has 0 saturated heterocycles. The molecule has 1 heterocycles. The molecule has 1 atom stereocenters. The van der Waals surface area contributed by atoms with Gasteiger partial charge in [0, 0.05) is 36.5 Å². The zero-order chi connectivity index (χ0) is 20.1. The number of anilines is 1. The van der Waals surface area contributed by atoms with Gasteiger partial charge in [0.25, 0.3) is 0 Å². The van der Waals surface area contributed by atoms with Crippen molar-refractivity contribution in [2.75, 3.05) is 5.32 Å². The number of nitrogens with zero attached hydrogens (tertiary/aromatic N) is 2. The van der Waals surface area contributed by atoms with Gasteiger partial charge in [0.15, 0.2) is 0 Å². The van der Waals surface area contributed by atoms with Crippen molar-refractivity contribution < 1.29 is 4.79 Å². The van der Waals surface area contributed by atoms with Crippen molar-refractivity contribution in [2.45, 2.75) is 38.8 Å². The average Bonchev–Trinajstić information content (AvgIpc) is 3.59. The maximum absolute atomic E-state index is 11.9. The molecule has 0 bridgehead atoms. The summed E-state index contributed by atoms with van der Waals surface area (Å²) in [5.41, 5.74) is 4.47. The number of carbonyl (C=O) groups is 1. The summed E-state index contributed by atoms with van der Waals surface area (Å²) in [6.07, 6.45) is 6.59. The molecule has 1 amide bonds. The van der Waals surface area contributed by atoms with Crippen LogP contribution in [-0.4, -0.2) is 21.9 Å². The third kappa shape index (κ3) is 5.41. The molecule has 1 aliphatic carbocycles. The lowest BCUT2D eigenvalue weighted by Crippen LogP contribution is -2.35. The molecule has 3 aromatic rings. The number of carbonyl (C=O) groups excluding carboxylic acids is 1. The first-order valence-corrected chi connectivity index (χ1v) is 10.2. The maximum atomic E-state index is 11.9. The Bertz CT molecular complexity index is 935. The van der Waals surface area contributed by atoms with Crippen molar-refractivity contribution in [3.8, 4) is 11.1 Å². The normalized spacial score (nSPS) is 14.2. The fraction of sp³-hybridized carbons (Fsp3) is 0.292. The Morgan fingerprint density at radius 3 is 2.31 bits per heavy atom. The molecule has 1 aliphatic rings. The first-order valence-electron chi connectivity index (χ1n) is 10.2. The van der Waals surface area contributed by atoms with Crippen LogP contribution in [0.1, 0.15) is 30.9 Å². The maximum Gasteiger partial charge on any atom is 0.223 e. The van der Waals surface area contributed by atoms with E-state index >= 15 is 0 Å². The first-order chi connectivity index (χ1) is 14.2. The summed E-state index contributed by atoms with van der Waals surface area (Å²) in [5.74, 6) is 1.08. The second-order valence-corrected chi connectivity index (χ2v) is 7.72. The summed E-state index contributed by atoms with van der Waals surface area (Å²) in [5, 5.41) is 6.34.